The van der Waals surface area contributed by atoms with E-state index in [2.05, 4.69) is 5.32 Å². The number of rotatable bonds is 5. The predicted octanol–water partition coefficient (Wildman–Crippen LogP) is 1.74. The fraction of sp³-hybridized carbons (Fsp3) is 0.375. The van der Waals surface area contributed by atoms with E-state index in [0.717, 1.165) is 11.3 Å². The van der Waals surface area contributed by atoms with Crippen LogP contribution in [0.5, 0.6) is 0 Å². The second-order valence-electron chi connectivity index (χ2n) is 3.17. The van der Waals surface area contributed by atoms with Gasteiger partial charge in [-0.1, -0.05) is 0 Å². The highest BCUT2D eigenvalue weighted by molar-refractivity contribution is 7.18. The largest absolute Gasteiger partial charge is 0.397 e. The molecule has 5 N–H and O–H groups in total. The monoisotopic (exact) mass is 271 g/mol. The van der Waals surface area contributed by atoms with E-state index < -0.39 is 24.8 Å². The third-order valence-corrected chi connectivity index (χ3v) is 2.93. The number of carbonyl (C=O) groups excluding carboxylic acids is 1. The van der Waals surface area contributed by atoms with Gasteiger partial charge in [-0.05, 0) is 6.07 Å². The molecule has 0 saturated carbocycles. The van der Waals surface area contributed by atoms with Crippen molar-refractivity contribution in [2.45, 2.75) is 12.3 Å². The van der Waals surface area contributed by atoms with Gasteiger partial charge < -0.3 is 16.8 Å². The molecule has 0 aliphatic heterocycles. The molecule has 0 radical (unpaired) electrons. The average molecular weight is 271 g/mol. The molecule has 4 nitrogen and oxygen atoms in total. The molecule has 0 fully saturated rings. The van der Waals surface area contributed by atoms with Crippen molar-refractivity contribution in [2.75, 3.05) is 17.6 Å². The Balaban J connectivity index is 2.71. The SMILES string of the molecule is NC(=O)c1sc(NCC(F)(F)C(F)F)cc1N. The summed E-state index contributed by atoms with van der Waals surface area (Å²) in [6.07, 6.45) is -3.76. The van der Waals surface area contributed by atoms with Gasteiger partial charge >= 0.3 is 12.3 Å². The molecular formula is C8H9F4N3OS. The minimum atomic E-state index is -4.15. The number of carbonyl (C=O) groups is 1. The Bertz CT molecular complexity index is 421. The van der Waals surface area contributed by atoms with Gasteiger partial charge in [0.25, 0.3) is 5.91 Å². The van der Waals surface area contributed by atoms with Gasteiger partial charge in [-0.3, -0.25) is 4.79 Å². The third kappa shape index (κ3) is 3.22. The number of primary amides is 1. The van der Waals surface area contributed by atoms with Crippen LogP contribution in [0.1, 0.15) is 9.67 Å². The number of anilines is 2. The zero-order valence-corrected chi connectivity index (χ0v) is 9.16. The van der Waals surface area contributed by atoms with Gasteiger partial charge in [-0.2, -0.15) is 8.78 Å². The van der Waals surface area contributed by atoms with Gasteiger partial charge in [0.1, 0.15) is 4.88 Å². The lowest BCUT2D eigenvalue weighted by atomic mass is 10.3. The van der Waals surface area contributed by atoms with Gasteiger partial charge in [0.05, 0.1) is 17.2 Å². The molecule has 1 heterocycles. The predicted molar refractivity (Wildman–Crippen MR) is 56.7 cm³/mol. The first-order chi connectivity index (χ1) is 7.74. The Hall–Kier alpha value is -1.51. The fourth-order valence-corrected chi connectivity index (χ4v) is 1.79. The van der Waals surface area contributed by atoms with E-state index >= 15 is 0 Å². The van der Waals surface area contributed by atoms with Crippen LogP contribution in [0.4, 0.5) is 28.3 Å². The fourth-order valence-electron chi connectivity index (χ4n) is 0.967. The van der Waals surface area contributed by atoms with Crippen LogP contribution in [0.2, 0.25) is 0 Å². The van der Waals surface area contributed by atoms with Crippen LogP contribution >= 0.6 is 11.3 Å². The van der Waals surface area contributed by atoms with Gasteiger partial charge in [0.15, 0.2) is 0 Å². The lowest BCUT2D eigenvalue weighted by molar-refractivity contribution is -0.117. The first-order valence-corrected chi connectivity index (χ1v) is 5.14. The van der Waals surface area contributed by atoms with Gasteiger partial charge in [-0.25, -0.2) is 8.78 Å². The summed E-state index contributed by atoms with van der Waals surface area (Å²) < 4.78 is 48.8. The standard InChI is InChI=1S/C8H9F4N3OS/c9-7(10)8(11,12)2-15-4-1-3(13)5(17-4)6(14)16/h1,7,15H,2,13H2,(H2,14,16). The molecule has 0 atom stereocenters. The number of alkyl halides is 4. The number of nitrogens with one attached hydrogen (secondary N) is 1. The van der Waals surface area contributed by atoms with Crippen molar-refractivity contribution in [3.05, 3.63) is 10.9 Å². The summed E-state index contributed by atoms with van der Waals surface area (Å²) in [6, 6.07) is 1.19. The lowest BCUT2D eigenvalue weighted by Gasteiger charge is -2.15. The summed E-state index contributed by atoms with van der Waals surface area (Å²) in [5.74, 6) is -4.95. The first-order valence-electron chi connectivity index (χ1n) is 4.33. The molecule has 0 unspecified atom stereocenters. The molecule has 0 saturated heterocycles. The Morgan fingerprint density at radius 3 is 2.53 bits per heavy atom. The number of thiophene rings is 1. The summed E-state index contributed by atoms with van der Waals surface area (Å²) >= 11 is 0.731. The van der Waals surface area contributed by atoms with Crippen LogP contribution in [0, 0.1) is 0 Å². The zero-order valence-electron chi connectivity index (χ0n) is 8.34. The second kappa shape index (κ2) is 4.78. The zero-order chi connectivity index (χ0) is 13.2. The van der Waals surface area contributed by atoms with Crippen molar-refractivity contribution < 1.29 is 22.4 Å². The number of hydrogen-bond acceptors (Lipinski definition) is 4. The van der Waals surface area contributed by atoms with Crippen LogP contribution < -0.4 is 16.8 Å². The second-order valence-corrected chi connectivity index (χ2v) is 4.23. The van der Waals surface area contributed by atoms with Crippen LogP contribution in [-0.4, -0.2) is 24.8 Å². The molecule has 9 heteroatoms. The summed E-state index contributed by atoms with van der Waals surface area (Å²) in [6.45, 7) is -1.25. The maximum absolute atomic E-state index is 12.6. The highest BCUT2D eigenvalue weighted by Gasteiger charge is 2.40. The number of nitrogen functional groups attached to an aromatic ring is 1. The smallest absolute Gasteiger partial charge is 0.324 e. The first kappa shape index (κ1) is 13.6. The molecule has 0 aliphatic carbocycles. The molecule has 0 spiro atoms. The third-order valence-electron chi connectivity index (χ3n) is 1.80. The Labute approximate surface area is 97.6 Å². The van der Waals surface area contributed by atoms with E-state index in [9.17, 15) is 22.4 Å². The molecule has 1 aromatic rings. The van der Waals surface area contributed by atoms with Crippen molar-refractivity contribution in [2.24, 2.45) is 5.73 Å². The summed E-state index contributed by atoms with van der Waals surface area (Å²) in [5.41, 5.74) is 10.3. The average Bonchev–Trinajstić information content (AvgIpc) is 2.57. The van der Waals surface area contributed by atoms with E-state index in [1.54, 1.807) is 0 Å². The van der Waals surface area contributed by atoms with E-state index in [4.69, 9.17) is 11.5 Å². The molecule has 0 aliphatic rings. The topological polar surface area (TPSA) is 81.1 Å². The number of halogens is 4. The van der Waals surface area contributed by atoms with Gasteiger partial charge in [0.2, 0.25) is 0 Å². The summed E-state index contributed by atoms with van der Waals surface area (Å²) in [4.78, 5) is 10.8. The Morgan fingerprint density at radius 1 is 1.53 bits per heavy atom. The van der Waals surface area contributed by atoms with Crippen molar-refractivity contribution in [1.29, 1.82) is 0 Å². The van der Waals surface area contributed by atoms with Crippen molar-refractivity contribution >= 4 is 27.9 Å². The molecule has 1 rings (SSSR count). The lowest BCUT2D eigenvalue weighted by Crippen LogP contribution is -2.34. The molecule has 96 valence electrons. The van der Waals surface area contributed by atoms with Crippen LogP contribution in [-0.2, 0) is 0 Å². The van der Waals surface area contributed by atoms with Crippen LogP contribution in [0.3, 0.4) is 0 Å². The van der Waals surface area contributed by atoms with Crippen LogP contribution in [0.15, 0.2) is 6.07 Å². The normalized spacial score (nSPS) is 11.8. The highest BCUT2D eigenvalue weighted by atomic mass is 32.1. The number of amides is 1. The van der Waals surface area contributed by atoms with Crippen molar-refractivity contribution in [3.63, 3.8) is 0 Å². The van der Waals surface area contributed by atoms with E-state index in [1.807, 2.05) is 0 Å². The minimum absolute atomic E-state index is 0.00661. The molecule has 1 aromatic heterocycles. The van der Waals surface area contributed by atoms with Crippen LogP contribution in [0.25, 0.3) is 0 Å². The van der Waals surface area contributed by atoms with E-state index in [0.29, 0.717) is 0 Å². The summed E-state index contributed by atoms with van der Waals surface area (Å²) in [5, 5.41) is 2.16. The number of hydrogen-bond donors (Lipinski definition) is 3. The summed E-state index contributed by atoms with van der Waals surface area (Å²) in [7, 11) is 0. The van der Waals surface area contributed by atoms with Crippen molar-refractivity contribution in [1.82, 2.24) is 0 Å². The molecule has 17 heavy (non-hydrogen) atoms. The maximum Gasteiger partial charge on any atom is 0.324 e. The molecule has 0 aromatic carbocycles. The molecule has 1 amide bonds. The molecular weight excluding hydrogens is 262 g/mol. The van der Waals surface area contributed by atoms with Gasteiger partial charge in [0, 0.05) is 0 Å². The Morgan fingerprint density at radius 2 is 2.12 bits per heavy atom. The van der Waals surface area contributed by atoms with E-state index in [1.165, 1.54) is 6.07 Å². The minimum Gasteiger partial charge on any atom is -0.397 e. The molecule has 0 bridgehead atoms. The highest BCUT2D eigenvalue weighted by Crippen LogP contribution is 2.30. The van der Waals surface area contributed by atoms with E-state index in [-0.39, 0.29) is 15.6 Å². The van der Waals surface area contributed by atoms with Gasteiger partial charge in [-0.15, -0.1) is 11.3 Å². The quantitative estimate of drug-likeness (QED) is 0.713. The Kier molecular flexibility index (Phi) is 3.81. The van der Waals surface area contributed by atoms with Crippen molar-refractivity contribution in [3.8, 4) is 0 Å². The number of nitrogens with two attached hydrogens (primary N) is 2. The maximum atomic E-state index is 12.6.